The second-order valence-corrected chi connectivity index (χ2v) is 16.7. The van der Waals surface area contributed by atoms with Crippen LogP contribution in [0, 0.1) is 0 Å². The summed E-state index contributed by atoms with van der Waals surface area (Å²) >= 11 is 0. The highest BCUT2D eigenvalue weighted by Crippen LogP contribution is 2.41. The maximum Gasteiger partial charge on any atom is 0.0973 e. The van der Waals surface area contributed by atoms with E-state index in [1.165, 1.54) is 10.8 Å². The molecule has 0 saturated carbocycles. The number of rotatable bonds is 9. The van der Waals surface area contributed by atoms with Crippen molar-refractivity contribution in [2.75, 3.05) is 4.90 Å². The minimum Gasteiger partial charge on any atom is -0.310 e. The summed E-state index contributed by atoms with van der Waals surface area (Å²) in [7, 11) is 0. The van der Waals surface area contributed by atoms with E-state index in [2.05, 4.69) is 193 Å². The van der Waals surface area contributed by atoms with Crippen molar-refractivity contribution in [3.8, 4) is 67.3 Å². The molecule has 0 aliphatic carbocycles. The first-order chi connectivity index (χ1) is 33.2. The molecule has 0 aliphatic heterocycles. The Morgan fingerprint density at radius 1 is 0.209 bits per heavy atom. The molecule has 0 bridgehead atoms. The SMILES string of the molecule is c1ccc(-c2nc3ccccc3nc2-c2cccc(-c3cccc(N(c4cccc(-c5cccc(-c6nc7ccccc7nc6-c6ccccc6)c5)c4)c4ccc5ccccc5c4)c3)c2)cc1. The fraction of sp³-hybridized carbons (Fsp3) is 0. The first-order valence-electron chi connectivity index (χ1n) is 22.5. The molecule has 0 spiro atoms. The zero-order valence-electron chi connectivity index (χ0n) is 36.4. The van der Waals surface area contributed by atoms with Crippen molar-refractivity contribution >= 4 is 49.9 Å². The van der Waals surface area contributed by atoms with E-state index in [-0.39, 0.29) is 0 Å². The number of para-hydroxylation sites is 4. The average Bonchev–Trinajstić information content (AvgIpc) is 3.41. The summed E-state index contributed by atoms with van der Waals surface area (Å²) in [4.78, 5) is 23.1. The van der Waals surface area contributed by atoms with Gasteiger partial charge in [-0.1, -0.05) is 176 Å². The highest BCUT2D eigenvalue weighted by Gasteiger charge is 2.19. The van der Waals surface area contributed by atoms with Crippen LogP contribution in [0.4, 0.5) is 17.1 Å². The van der Waals surface area contributed by atoms with Crippen molar-refractivity contribution in [2.45, 2.75) is 0 Å². The number of hydrogen-bond acceptors (Lipinski definition) is 5. The van der Waals surface area contributed by atoms with Crippen LogP contribution < -0.4 is 4.90 Å². The molecule has 0 atom stereocenters. The van der Waals surface area contributed by atoms with Crippen LogP contribution in [-0.2, 0) is 0 Å². The van der Waals surface area contributed by atoms with Crippen molar-refractivity contribution in [1.82, 2.24) is 19.9 Å². The van der Waals surface area contributed by atoms with E-state index in [0.29, 0.717) is 0 Å². The minimum atomic E-state index is 0.852. The molecule has 0 saturated heterocycles. The Kier molecular flexibility index (Phi) is 10.1. The van der Waals surface area contributed by atoms with Gasteiger partial charge in [0.1, 0.15) is 0 Å². The molecule has 0 amide bonds. The molecule has 0 radical (unpaired) electrons. The molecular weight excluding hydrogens is 815 g/mol. The van der Waals surface area contributed by atoms with Crippen LogP contribution >= 0.6 is 0 Å². The zero-order chi connectivity index (χ0) is 44.5. The predicted molar refractivity (Wildman–Crippen MR) is 277 cm³/mol. The summed E-state index contributed by atoms with van der Waals surface area (Å²) in [6.07, 6.45) is 0. The second kappa shape index (κ2) is 17.1. The van der Waals surface area contributed by atoms with E-state index in [0.717, 1.165) is 106 Å². The molecule has 5 heteroatoms. The zero-order valence-corrected chi connectivity index (χ0v) is 36.4. The number of anilines is 3. The van der Waals surface area contributed by atoms with Crippen molar-refractivity contribution in [2.24, 2.45) is 0 Å². The van der Waals surface area contributed by atoms with E-state index in [4.69, 9.17) is 19.9 Å². The van der Waals surface area contributed by atoms with Crippen LogP contribution in [0.25, 0.3) is 100 Å². The summed E-state index contributed by atoms with van der Waals surface area (Å²) in [5, 5.41) is 2.37. The molecule has 314 valence electrons. The number of aromatic nitrogens is 4. The number of benzene rings is 10. The van der Waals surface area contributed by atoms with Gasteiger partial charge < -0.3 is 4.90 Å². The van der Waals surface area contributed by atoms with Gasteiger partial charge in [-0.15, -0.1) is 0 Å². The van der Waals surface area contributed by atoms with Crippen LogP contribution in [0.15, 0.2) is 249 Å². The van der Waals surface area contributed by atoms with Crippen molar-refractivity contribution in [1.29, 1.82) is 0 Å². The van der Waals surface area contributed by atoms with E-state index in [1.807, 2.05) is 60.7 Å². The Balaban J connectivity index is 0.961. The lowest BCUT2D eigenvalue weighted by Gasteiger charge is -2.27. The molecule has 0 aliphatic rings. The number of nitrogens with zero attached hydrogens (tertiary/aromatic N) is 5. The second-order valence-electron chi connectivity index (χ2n) is 16.7. The molecule has 5 nitrogen and oxygen atoms in total. The third-order valence-corrected chi connectivity index (χ3v) is 12.4. The van der Waals surface area contributed by atoms with Crippen LogP contribution in [0.2, 0.25) is 0 Å². The van der Waals surface area contributed by atoms with Gasteiger partial charge in [-0.25, -0.2) is 19.9 Å². The van der Waals surface area contributed by atoms with Gasteiger partial charge in [0.05, 0.1) is 44.8 Å². The van der Waals surface area contributed by atoms with E-state index >= 15 is 0 Å². The van der Waals surface area contributed by atoms with Gasteiger partial charge in [0.25, 0.3) is 0 Å². The van der Waals surface area contributed by atoms with E-state index < -0.39 is 0 Å². The average molecular weight is 856 g/mol. The summed E-state index contributed by atoms with van der Waals surface area (Å²) in [6, 6.07) is 87.1. The summed E-state index contributed by atoms with van der Waals surface area (Å²) in [6.45, 7) is 0. The topological polar surface area (TPSA) is 54.8 Å². The summed E-state index contributed by atoms with van der Waals surface area (Å²) < 4.78 is 0. The van der Waals surface area contributed by atoms with Gasteiger partial charge in [0, 0.05) is 39.3 Å². The molecule has 2 aromatic heterocycles. The molecule has 0 unspecified atom stereocenters. The first-order valence-corrected chi connectivity index (χ1v) is 22.5. The Morgan fingerprint density at radius 2 is 0.537 bits per heavy atom. The predicted octanol–water partition coefficient (Wildman–Crippen LogP) is 16.2. The molecule has 10 aromatic carbocycles. The standard InChI is InChI=1S/C62H41N5/c1-3-18-43(19-4-1)59-61(65-57-33-11-9-31-55(57)63-59)50-27-13-23-45(37-50)48-25-15-29-52(40-48)67(54-36-35-42-17-7-8-22-47(42)39-54)53-30-16-26-49(41-53)46-24-14-28-51(38-46)62-60(44-20-5-2-6-21-44)64-56-32-10-12-34-58(56)66-62/h1-41H. The van der Waals surface area contributed by atoms with Gasteiger partial charge in [0.2, 0.25) is 0 Å². The van der Waals surface area contributed by atoms with Crippen LogP contribution in [0.3, 0.4) is 0 Å². The Labute approximate surface area is 389 Å². The van der Waals surface area contributed by atoms with Gasteiger partial charge in [-0.2, -0.15) is 0 Å². The lowest BCUT2D eigenvalue weighted by atomic mass is 9.97. The number of hydrogen-bond donors (Lipinski definition) is 0. The van der Waals surface area contributed by atoms with E-state index in [1.54, 1.807) is 0 Å². The highest BCUT2D eigenvalue weighted by molar-refractivity contribution is 5.92. The quantitative estimate of drug-likeness (QED) is 0.145. The normalized spacial score (nSPS) is 11.3. The number of fused-ring (bicyclic) bond motifs is 3. The third-order valence-electron chi connectivity index (χ3n) is 12.4. The summed E-state index contributed by atoms with van der Waals surface area (Å²) in [5.74, 6) is 0. The largest absolute Gasteiger partial charge is 0.310 e. The molecule has 12 rings (SSSR count). The first kappa shape index (κ1) is 39.5. The highest BCUT2D eigenvalue weighted by atomic mass is 15.1. The van der Waals surface area contributed by atoms with Crippen molar-refractivity contribution in [3.63, 3.8) is 0 Å². The maximum absolute atomic E-state index is 5.22. The smallest absolute Gasteiger partial charge is 0.0973 e. The van der Waals surface area contributed by atoms with Gasteiger partial charge in [-0.05, 0) is 106 Å². The van der Waals surface area contributed by atoms with Gasteiger partial charge >= 0.3 is 0 Å². The lowest BCUT2D eigenvalue weighted by Crippen LogP contribution is -2.10. The Hall–Kier alpha value is -9.06. The Bertz CT molecular complexity index is 3560. The molecule has 12 aromatic rings. The summed E-state index contributed by atoms with van der Waals surface area (Å²) in [5.41, 5.74) is 18.5. The third kappa shape index (κ3) is 7.75. The van der Waals surface area contributed by atoms with Crippen LogP contribution in [0.1, 0.15) is 0 Å². The van der Waals surface area contributed by atoms with Crippen molar-refractivity contribution in [3.05, 3.63) is 249 Å². The van der Waals surface area contributed by atoms with Gasteiger partial charge in [-0.3, -0.25) is 0 Å². The molecule has 67 heavy (non-hydrogen) atoms. The van der Waals surface area contributed by atoms with Crippen LogP contribution in [-0.4, -0.2) is 19.9 Å². The fourth-order valence-corrected chi connectivity index (χ4v) is 9.10. The van der Waals surface area contributed by atoms with Gasteiger partial charge in [0.15, 0.2) is 0 Å². The van der Waals surface area contributed by atoms with Crippen LogP contribution in [0.5, 0.6) is 0 Å². The molecule has 0 fully saturated rings. The molecular formula is C62H41N5. The maximum atomic E-state index is 5.22. The molecule has 0 N–H and O–H groups in total. The Morgan fingerprint density at radius 3 is 1.00 bits per heavy atom. The monoisotopic (exact) mass is 855 g/mol. The van der Waals surface area contributed by atoms with E-state index in [9.17, 15) is 0 Å². The lowest BCUT2D eigenvalue weighted by molar-refractivity contribution is 1.28. The minimum absolute atomic E-state index is 0.852. The fourth-order valence-electron chi connectivity index (χ4n) is 9.10. The molecule has 2 heterocycles. The van der Waals surface area contributed by atoms with Crippen molar-refractivity contribution < 1.29 is 0 Å².